The molecule has 2 fully saturated rings. The highest BCUT2D eigenvalue weighted by atomic mass is 16.5. The Balaban J connectivity index is 1.64. The first-order chi connectivity index (χ1) is 12.5. The summed E-state index contributed by atoms with van der Waals surface area (Å²) in [6.07, 6.45) is 3.94. The van der Waals surface area contributed by atoms with Gasteiger partial charge in [0.25, 0.3) is 0 Å². The number of carbonyl (C=O) groups is 2. The molecule has 0 spiro atoms. The molecule has 3 rings (SSSR count). The number of carbonyl (C=O) groups excluding carboxylic acids is 2. The number of hydrogen-bond acceptors (Lipinski definition) is 6. The summed E-state index contributed by atoms with van der Waals surface area (Å²) in [6, 6.07) is -0.400. The zero-order valence-corrected chi connectivity index (χ0v) is 15.8. The molecule has 8 heteroatoms. The van der Waals surface area contributed by atoms with E-state index in [-0.39, 0.29) is 5.91 Å². The van der Waals surface area contributed by atoms with Crippen LogP contribution in [0.4, 0.5) is 10.6 Å². The van der Waals surface area contributed by atoms with E-state index < -0.39 is 12.1 Å². The second-order valence-corrected chi connectivity index (χ2v) is 6.91. The van der Waals surface area contributed by atoms with Gasteiger partial charge in [-0.25, -0.2) is 9.78 Å². The first-order valence-electron chi connectivity index (χ1n) is 9.20. The van der Waals surface area contributed by atoms with Crippen LogP contribution in [0.5, 0.6) is 0 Å². The van der Waals surface area contributed by atoms with Gasteiger partial charge < -0.3 is 14.5 Å². The van der Waals surface area contributed by atoms with Crippen LogP contribution >= 0.6 is 0 Å². The molecular weight excluding hydrogens is 334 g/mol. The standard InChI is InChI=1S/C18H27N5O3/c1-13-12-19-14(2)16(20-13)21-8-10-22(11-9-21)17(24)15-6-4-5-7-23(15)18(25)26-3/h12,15H,4-11H2,1-3H3/t15-/m0/s1. The lowest BCUT2D eigenvalue weighted by molar-refractivity contribution is -0.137. The molecule has 3 heterocycles. The molecule has 0 unspecified atom stereocenters. The predicted octanol–water partition coefficient (Wildman–Crippen LogP) is 1.36. The summed E-state index contributed by atoms with van der Waals surface area (Å²) < 4.78 is 4.85. The third kappa shape index (κ3) is 3.73. The number of likely N-dealkylation sites (tertiary alicyclic amines) is 1. The van der Waals surface area contributed by atoms with Gasteiger partial charge in [-0.05, 0) is 33.1 Å². The minimum atomic E-state index is -0.410. The van der Waals surface area contributed by atoms with Crippen LogP contribution in [0.2, 0.25) is 0 Å². The second kappa shape index (κ2) is 7.88. The Labute approximate surface area is 154 Å². The van der Waals surface area contributed by atoms with E-state index in [4.69, 9.17) is 4.74 Å². The van der Waals surface area contributed by atoms with Crippen LogP contribution in [-0.4, -0.2) is 77.6 Å². The Morgan fingerprint density at radius 3 is 2.54 bits per heavy atom. The monoisotopic (exact) mass is 361 g/mol. The maximum Gasteiger partial charge on any atom is 0.410 e. The molecule has 0 saturated carbocycles. The van der Waals surface area contributed by atoms with E-state index in [0.29, 0.717) is 26.1 Å². The normalized spacial score (nSPS) is 20.9. The van der Waals surface area contributed by atoms with E-state index in [9.17, 15) is 9.59 Å². The van der Waals surface area contributed by atoms with Gasteiger partial charge in [-0.15, -0.1) is 0 Å². The maximum atomic E-state index is 13.0. The van der Waals surface area contributed by atoms with Gasteiger partial charge in [0.1, 0.15) is 11.9 Å². The topological polar surface area (TPSA) is 78.9 Å². The van der Waals surface area contributed by atoms with Crippen molar-refractivity contribution in [1.82, 2.24) is 19.8 Å². The minimum Gasteiger partial charge on any atom is -0.453 e. The van der Waals surface area contributed by atoms with Crippen LogP contribution < -0.4 is 4.90 Å². The predicted molar refractivity (Wildman–Crippen MR) is 97.0 cm³/mol. The van der Waals surface area contributed by atoms with Gasteiger partial charge in [-0.1, -0.05) is 0 Å². The Bertz CT molecular complexity index is 673. The quantitative estimate of drug-likeness (QED) is 0.791. The Morgan fingerprint density at radius 2 is 1.85 bits per heavy atom. The Hall–Kier alpha value is -2.38. The average molecular weight is 361 g/mol. The van der Waals surface area contributed by atoms with Crippen LogP contribution in [0.3, 0.4) is 0 Å². The van der Waals surface area contributed by atoms with Crippen molar-refractivity contribution < 1.29 is 14.3 Å². The summed E-state index contributed by atoms with van der Waals surface area (Å²) in [7, 11) is 1.36. The van der Waals surface area contributed by atoms with Gasteiger partial charge in [-0.2, -0.15) is 0 Å². The molecule has 0 bridgehead atoms. The highest BCUT2D eigenvalue weighted by Crippen LogP contribution is 2.22. The number of aromatic nitrogens is 2. The van der Waals surface area contributed by atoms with E-state index in [1.54, 1.807) is 11.1 Å². The average Bonchev–Trinajstić information content (AvgIpc) is 2.69. The third-order valence-corrected chi connectivity index (χ3v) is 5.14. The van der Waals surface area contributed by atoms with Crippen molar-refractivity contribution in [2.24, 2.45) is 0 Å². The molecule has 0 radical (unpaired) electrons. The number of anilines is 1. The number of amides is 2. The maximum absolute atomic E-state index is 13.0. The zero-order valence-electron chi connectivity index (χ0n) is 15.8. The smallest absolute Gasteiger partial charge is 0.410 e. The van der Waals surface area contributed by atoms with Crippen LogP contribution in [0, 0.1) is 13.8 Å². The first-order valence-corrected chi connectivity index (χ1v) is 9.20. The fourth-order valence-electron chi connectivity index (χ4n) is 3.70. The molecule has 2 amide bonds. The summed E-state index contributed by atoms with van der Waals surface area (Å²) in [5, 5.41) is 0. The lowest BCUT2D eigenvalue weighted by atomic mass is 10.0. The van der Waals surface area contributed by atoms with Gasteiger partial charge in [0.05, 0.1) is 18.5 Å². The summed E-state index contributed by atoms with van der Waals surface area (Å²) in [4.78, 5) is 39.5. The van der Waals surface area contributed by atoms with Gasteiger partial charge in [-0.3, -0.25) is 14.7 Å². The Morgan fingerprint density at radius 1 is 1.12 bits per heavy atom. The summed E-state index contributed by atoms with van der Waals surface area (Å²) in [5.41, 5.74) is 1.79. The molecule has 8 nitrogen and oxygen atoms in total. The third-order valence-electron chi connectivity index (χ3n) is 5.14. The molecule has 0 N–H and O–H groups in total. The second-order valence-electron chi connectivity index (χ2n) is 6.91. The van der Waals surface area contributed by atoms with Gasteiger partial charge in [0.2, 0.25) is 5.91 Å². The molecule has 1 aromatic rings. The van der Waals surface area contributed by atoms with Crippen molar-refractivity contribution >= 4 is 17.8 Å². The molecule has 142 valence electrons. The van der Waals surface area contributed by atoms with E-state index >= 15 is 0 Å². The molecule has 1 atom stereocenters. The molecule has 2 aliphatic rings. The van der Waals surface area contributed by atoms with Gasteiger partial charge in [0.15, 0.2) is 0 Å². The van der Waals surface area contributed by atoms with Crippen molar-refractivity contribution in [3.05, 3.63) is 17.6 Å². The number of piperidine rings is 1. The van der Waals surface area contributed by atoms with Crippen molar-refractivity contribution in [3.8, 4) is 0 Å². The van der Waals surface area contributed by atoms with Crippen molar-refractivity contribution in [2.45, 2.75) is 39.2 Å². The molecule has 1 aromatic heterocycles. The molecule has 0 aromatic carbocycles. The molecule has 26 heavy (non-hydrogen) atoms. The Kier molecular flexibility index (Phi) is 5.58. The zero-order chi connectivity index (χ0) is 18.7. The summed E-state index contributed by atoms with van der Waals surface area (Å²) in [5.74, 6) is 0.924. The van der Waals surface area contributed by atoms with Crippen molar-refractivity contribution in [1.29, 1.82) is 0 Å². The number of ether oxygens (including phenoxy) is 1. The van der Waals surface area contributed by atoms with Crippen LogP contribution in [0.15, 0.2) is 6.20 Å². The van der Waals surface area contributed by atoms with Gasteiger partial charge >= 0.3 is 6.09 Å². The molecule has 0 aliphatic carbocycles. The first kappa shape index (κ1) is 18.4. The van der Waals surface area contributed by atoms with Crippen molar-refractivity contribution in [3.63, 3.8) is 0 Å². The lowest BCUT2D eigenvalue weighted by Gasteiger charge is -2.40. The van der Waals surface area contributed by atoms with Crippen LogP contribution in [-0.2, 0) is 9.53 Å². The fourth-order valence-corrected chi connectivity index (χ4v) is 3.70. The van der Waals surface area contributed by atoms with E-state index in [1.807, 2.05) is 18.7 Å². The highest BCUT2D eigenvalue weighted by molar-refractivity contribution is 5.86. The van der Waals surface area contributed by atoms with E-state index in [2.05, 4.69) is 14.9 Å². The van der Waals surface area contributed by atoms with Gasteiger partial charge in [0, 0.05) is 38.9 Å². The summed E-state index contributed by atoms with van der Waals surface area (Å²) >= 11 is 0. The number of rotatable bonds is 2. The van der Waals surface area contributed by atoms with Crippen LogP contribution in [0.25, 0.3) is 0 Å². The minimum absolute atomic E-state index is 0.0294. The highest BCUT2D eigenvalue weighted by Gasteiger charge is 2.36. The molecular formula is C18H27N5O3. The number of hydrogen-bond donors (Lipinski definition) is 0. The molecule has 2 aliphatic heterocycles. The van der Waals surface area contributed by atoms with E-state index in [1.165, 1.54) is 7.11 Å². The van der Waals surface area contributed by atoms with Crippen molar-refractivity contribution in [2.75, 3.05) is 44.7 Å². The van der Waals surface area contributed by atoms with Crippen LogP contribution in [0.1, 0.15) is 30.7 Å². The number of aryl methyl sites for hydroxylation is 2. The van der Waals surface area contributed by atoms with E-state index in [0.717, 1.165) is 43.1 Å². The SMILES string of the molecule is COC(=O)N1CCCC[C@H]1C(=O)N1CCN(c2nc(C)cnc2C)CC1. The number of piperazine rings is 1. The fraction of sp³-hybridized carbons (Fsp3) is 0.667. The number of methoxy groups -OCH3 is 1. The largest absolute Gasteiger partial charge is 0.453 e. The molecule has 2 saturated heterocycles. The lowest BCUT2D eigenvalue weighted by Crippen LogP contribution is -2.57. The number of nitrogens with zero attached hydrogens (tertiary/aromatic N) is 5. The summed E-state index contributed by atoms with van der Waals surface area (Å²) in [6.45, 7) is 7.15.